The summed E-state index contributed by atoms with van der Waals surface area (Å²) in [7, 11) is 0. The largest absolute Gasteiger partial charge is 0.494 e. The molecular formula is C21H23NO5. The SMILES string of the molecule is CCOc1cccc(CN2C[C@@H](C(=O)O)[C@H](c3ccc4c(c3)OCO4)C2)c1. The van der Waals surface area contributed by atoms with Gasteiger partial charge in [0.1, 0.15) is 5.75 Å². The van der Waals surface area contributed by atoms with Crippen LogP contribution in [0.4, 0.5) is 0 Å². The Bertz CT molecular complexity index is 837. The molecule has 27 heavy (non-hydrogen) atoms. The molecule has 0 spiro atoms. The van der Waals surface area contributed by atoms with E-state index in [2.05, 4.69) is 4.90 Å². The maximum absolute atomic E-state index is 11.9. The lowest BCUT2D eigenvalue weighted by Crippen LogP contribution is -2.23. The number of carboxylic acids is 1. The van der Waals surface area contributed by atoms with Crippen LogP contribution >= 0.6 is 0 Å². The fourth-order valence-corrected chi connectivity index (χ4v) is 3.90. The number of nitrogens with zero attached hydrogens (tertiary/aromatic N) is 1. The molecule has 0 bridgehead atoms. The molecule has 2 heterocycles. The molecule has 0 unspecified atom stereocenters. The third-order valence-electron chi connectivity index (χ3n) is 5.15. The lowest BCUT2D eigenvalue weighted by Gasteiger charge is -2.17. The predicted octanol–water partition coefficient (Wildman–Crippen LogP) is 3.11. The second-order valence-electron chi connectivity index (χ2n) is 6.94. The highest BCUT2D eigenvalue weighted by Crippen LogP contribution is 2.39. The molecule has 1 N–H and O–H groups in total. The Morgan fingerprint density at radius 1 is 1.19 bits per heavy atom. The van der Waals surface area contributed by atoms with Gasteiger partial charge in [-0.15, -0.1) is 0 Å². The van der Waals surface area contributed by atoms with Gasteiger partial charge in [0, 0.05) is 25.6 Å². The Hall–Kier alpha value is -2.73. The van der Waals surface area contributed by atoms with E-state index in [-0.39, 0.29) is 12.7 Å². The summed E-state index contributed by atoms with van der Waals surface area (Å²) in [5.74, 6) is 0.972. The van der Waals surface area contributed by atoms with Gasteiger partial charge in [-0.3, -0.25) is 9.69 Å². The number of rotatable bonds is 6. The molecule has 0 amide bonds. The molecule has 6 nitrogen and oxygen atoms in total. The number of carboxylic acid groups (broad SMARTS) is 1. The third kappa shape index (κ3) is 3.71. The van der Waals surface area contributed by atoms with Gasteiger partial charge in [-0.05, 0) is 42.3 Å². The molecule has 2 aromatic rings. The number of carbonyl (C=O) groups is 1. The number of benzene rings is 2. The van der Waals surface area contributed by atoms with Crippen LogP contribution in [0.15, 0.2) is 42.5 Å². The molecule has 142 valence electrons. The summed E-state index contributed by atoms with van der Waals surface area (Å²) < 4.78 is 16.4. The summed E-state index contributed by atoms with van der Waals surface area (Å²) in [6, 6.07) is 13.7. The van der Waals surface area contributed by atoms with Crippen LogP contribution in [0.2, 0.25) is 0 Å². The molecule has 2 atom stereocenters. The van der Waals surface area contributed by atoms with Crippen molar-refractivity contribution in [3.63, 3.8) is 0 Å². The number of aliphatic carboxylic acids is 1. The third-order valence-corrected chi connectivity index (χ3v) is 5.15. The fourth-order valence-electron chi connectivity index (χ4n) is 3.90. The van der Waals surface area contributed by atoms with Crippen LogP contribution in [0.1, 0.15) is 24.0 Å². The van der Waals surface area contributed by atoms with Gasteiger partial charge in [-0.2, -0.15) is 0 Å². The van der Waals surface area contributed by atoms with Crippen LogP contribution in [0.5, 0.6) is 17.2 Å². The van der Waals surface area contributed by atoms with E-state index in [1.54, 1.807) is 0 Å². The monoisotopic (exact) mass is 369 g/mol. The minimum Gasteiger partial charge on any atom is -0.494 e. The minimum atomic E-state index is -0.761. The summed E-state index contributed by atoms with van der Waals surface area (Å²) >= 11 is 0. The molecule has 0 radical (unpaired) electrons. The van der Waals surface area contributed by atoms with Gasteiger partial charge >= 0.3 is 5.97 Å². The maximum Gasteiger partial charge on any atom is 0.308 e. The Morgan fingerprint density at radius 2 is 2.04 bits per heavy atom. The topological polar surface area (TPSA) is 68.2 Å². The zero-order chi connectivity index (χ0) is 18.8. The molecule has 1 saturated heterocycles. The van der Waals surface area contributed by atoms with Crippen LogP contribution in [0.25, 0.3) is 0 Å². The lowest BCUT2D eigenvalue weighted by molar-refractivity contribution is -0.141. The quantitative estimate of drug-likeness (QED) is 0.844. The van der Waals surface area contributed by atoms with Crippen molar-refractivity contribution < 1.29 is 24.1 Å². The lowest BCUT2D eigenvalue weighted by atomic mass is 9.89. The first-order chi connectivity index (χ1) is 13.1. The van der Waals surface area contributed by atoms with Crippen LogP contribution in [-0.2, 0) is 11.3 Å². The van der Waals surface area contributed by atoms with Gasteiger partial charge < -0.3 is 19.3 Å². The van der Waals surface area contributed by atoms with Crippen LogP contribution in [0.3, 0.4) is 0 Å². The summed E-state index contributed by atoms with van der Waals surface area (Å²) in [5.41, 5.74) is 2.11. The molecule has 6 heteroatoms. The summed E-state index contributed by atoms with van der Waals surface area (Å²) in [4.78, 5) is 14.0. The number of hydrogen-bond acceptors (Lipinski definition) is 5. The van der Waals surface area contributed by atoms with E-state index in [0.29, 0.717) is 37.7 Å². The van der Waals surface area contributed by atoms with E-state index >= 15 is 0 Å². The molecule has 1 fully saturated rings. The van der Waals surface area contributed by atoms with Crippen molar-refractivity contribution >= 4 is 5.97 Å². The van der Waals surface area contributed by atoms with Crippen molar-refractivity contribution in [2.24, 2.45) is 5.92 Å². The zero-order valence-electron chi connectivity index (χ0n) is 15.3. The van der Waals surface area contributed by atoms with E-state index in [1.807, 2.05) is 49.4 Å². The highest BCUT2D eigenvalue weighted by atomic mass is 16.7. The zero-order valence-corrected chi connectivity index (χ0v) is 15.3. The molecule has 0 saturated carbocycles. The fraction of sp³-hybridized carbons (Fsp3) is 0.381. The van der Waals surface area contributed by atoms with E-state index in [9.17, 15) is 9.90 Å². The van der Waals surface area contributed by atoms with Crippen molar-refractivity contribution in [3.8, 4) is 17.2 Å². The number of ether oxygens (including phenoxy) is 3. The maximum atomic E-state index is 11.9. The first-order valence-corrected chi connectivity index (χ1v) is 9.20. The second-order valence-corrected chi connectivity index (χ2v) is 6.94. The number of fused-ring (bicyclic) bond motifs is 1. The molecular weight excluding hydrogens is 346 g/mol. The molecule has 4 rings (SSSR count). The van der Waals surface area contributed by atoms with Gasteiger partial charge in [-0.25, -0.2) is 0 Å². The van der Waals surface area contributed by atoms with Crippen molar-refractivity contribution in [2.45, 2.75) is 19.4 Å². The summed E-state index contributed by atoms with van der Waals surface area (Å²) in [6.07, 6.45) is 0. The normalized spacial score (nSPS) is 21.4. The van der Waals surface area contributed by atoms with Crippen molar-refractivity contribution in [1.82, 2.24) is 4.90 Å². The molecule has 2 aliphatic heterocycles. The predicted molar refractivity (Wildman–Crippen MR) is 99.3 cm³/mol. The first-order valence-electron chi connectivity index (χ1n) is 9.20. The molecule has 2 aliphatic rings. The summed E-state index contributed by atoms with van der Waals surface area (Å²) in [5, 5.41) is 9.73. The van der Waals surface area contributed by atoms with Gasteiger partial charge in [0.15, 0.2) is 11.5 Å². The smallest absolute Gasteiger partial charge is 0.308 e. The van der Waals surface area contributed by atoms with Crippen molar-refractivity contribution in [2.75, 3.05) is 26.5 Å². The Morgan fingerprint density at radius 3 is 2.85 bits per heavy atom. The van der Waals surface area contributed by atoms with Gasteiger partial charge in [0.2, 0.25) is 6.79 Å². The minimum absolute atomic E-state index is 0.0768. The average molecular weight is 369 g/mol. The highest BCUT2D eigenvalue weighted by molar-refractivity contribution is 5.72. The molecule has 0 aromatic heterocycles. The summed E-state index contributed by atoms with van der Waals surface area (Å²) in [6.45, 7) is 4.71. The average Bonchev–Trinajstić information content (AvgIpc) is 3.28. The standard InChI is InChI=1S/C21H23NO5/c1-2-25-16-5-3-4-14(8-16)10-22-11-17(18(12-22)21(23)24)15-6-7-19-20(9-15)27-13-26-19/h3-9,17-18H,2,10-13H2,1H3,(H,23,24)/t17-,18+/m0/s1. The Kier molecular flexibility index (Phi) is 4.90. The van der Waals surface area contributed by atoms with Crippen molar-refractivity contribution in [1.29, 1.82) is 0 Å². The van der Waals surface area contributed by atoms with Gasteiger partial charge in [0.05, 0.1) is 12.5 Å². The van der Waals surface area contributed by atoms with Gasteiger partial charge in [0.25, 0.3) is 0 Å². The van der Waals surface area contributed by atoms with E-state index in [4.69, 9.17) is 14.2 Å². The molecule has 2 aromatic carbocycles. The molecule has 0 aliphatic carbocycles. The van der Waals surface area contributed by atoms with Crippen LogP contribution in [-0.4, -0.2) is 42.5 Å². The van der Waals surface area contributed by atoms with Crippen molar-refractivity contribution in [3.05, 3.63) is 53.6 Å². The highest BCUT2D eigenvalue weighted by Gasteiger charge is 2.39. The van der Waals surface area contributed by atoms with E-state index in [1.165, 1.54) is 0 Å². The van der Waals surface area contributed by atoms with Gasteiger partial charge in [-0.1, -0.05) is 18.2 Å². The Labute approximate surface area is 158 Å². The first kappa shape index (κ1) is 17.7. The number of hydrogen-bond donors (Lipinski definition) is 1. The Balaban J connectivity index is 1.52. The number of likely N-dealkylation sites (tertiary alicyclic amines) is 1. The van der Waals surface area contributed by atoms with Crippen LogP contribution in [0, 0.1) is 5.92 Å². The second kappa shape index (κ2) is 7.48. The van der Waals surface area contributed by atoms with E-state index < -0.39 is 11.9 Å². The van der Waals surface area contributed by atoms with Crippen LogP contribution < -0.4 is 14.2 Å². The van der Waals surface area contributed by atoms with E-state index in [0.717, 1.165) is 16.9 Å².